The number of benzene rings is 4. The van der Waals surface area contributed by atoms with E-state index in [9.17, 15) is 14.7 Å². The van der Waals surface area contributed by atoms with Gasteiger partial charge in [0.15, 0.2) is 0 Å². The Balaban J connectivity index is 1.20. The first-order valence-electron chi connectivity index (χ1n) is 18.4. The summed E-state index contributed by atoms with van der Waals surface area (Å²) in [5.41, 5.74) is 12.9. The van der Waals surface area contributed by atoms with Gasteiger partial charge in [-0.15, -0.1) is 0 Å². The first kappa shape index (κ1) is 39.4. The Hall–Kier alpha value is -5.26. The number of carbonyl (C=O) groups is 2. The van der Waals surface area contributed by atoms with Gasteiger partial charge < -0.3 is 40.4 Å². The van der Waals surface area contributed by atoms with E-state index in [1.54, 1.807) is 24.5 Å². The molecule has 5 aromatic rings. The number of nitrogens with one attached hydrogen (secondary N) is 3. The Kier molecular flexibility index (Phi) is 13.2. The molecule has 1 heterocycles. The number of halogens is 1. The average Bonchev–Trinajstić information content (AvgIpc) is 3.60. The summed E-state index contributed by atoms with van der Waals surface area (Å²) in [5, 5.41) is 29.0. The molecular weight excluding hydrogens is 716 g/mol. The molecule has 1 aliphatic carbocycles. The molecule has 0 amide bonds. The van der Waals surface area contributed by atoms with Crippen molar-refractivity contribution in [3.63, 3.8) is 0 Å². The van der Waals surface area contributed by atoms with Gasteiger partial charge in [-0.05, 0) is 88.9 Å². The number of hydrogen-bond acceptors (Lipinski definition) is 9. The molecule has 0 saturated heterocycles. The van der Waals surface area contributed by atoms with Crippen molar-refractivity contribution in [2.75, 3.05) is 25.5 Å². The molecular formula is C44H47ClN4O6. The van der Waals surface area contributed by atoms with Gasteiger partial charge in [0.05, 0.1) is 23.4 Å². The summed E-state index contributed by atoms with van der Waals surface area (Å²) in [5.74, 6) is 0.204. The number of aromatic nitrogens is 1. The van der Waals surface area contributed by atoms with E-state index in [2.05, 4.69) is 83.3 Å². The number of aliphatic carboxylic acids is 1. The number of aliphatic hydroxyl groups excluding tert-OH is 1. The van der Waals surface area contributed by atoms with Crippen LogP contribution in [0.25, 0.3) is 22.3 Å². The fraction of sp³-hybridized carbons (Fsp3) is 0.295. The number of carbonyl (C=O) groups excluding carboxylic acids is 1. The Morgan fingerprint density at radius 3 is 2.44 bits per heavy atom. The second-order valence-corrected chi connectivity index (χ2v) is 14.3. The minimum absolute atomic E-state index is 0.0367. The number of ether oxygens (including phenoxy) is 2. The number of aliphatic hydroxyl groups is 1. The van der Waals surface area contributed by atoms with Crippen molar-refractivity contribution >= 4 is 29.5 Å². The van der Waals surface area contributed by atoms with Crippen LogP contribution in [-0.4, -0.2) is 59.7 Å². The minimum Gasteiger partial charge on any atom is -0.488 e. The van der Waals surface area contributed by atoms with Crippen molar-refractivity contribution in [3.05, 3.63) is 129 Å². The van der Waals surface area contributed by atoms with E-state index in [4.69, 9.17) is 26.2 Å². The molecule has 55 heavy (non-hydrogen) atoms. The van der Waals surface area contributed by atoms with Crippen LogP contribution in [-0.2, 0) is 42.2 Å². The SMILES string of the molecule is CNc1cncc(COc2cc(OCc3cccc(-c4cccc(-c5ccc6c(c5)CC(NCC(=O)O)C6)c4C)c3C)c(Cl)cc2CNC[C@@H](O)CC=O)c1. The van der Waals surface area contributed by atoms with Gasteiger partial charge in [-0.25, -0.2) is 0 Å². The highest BCUT2D eigenvalue weighted by molar-refractivity contribution is 6.32. The largest absolute Gasteiger partial charge is 0.488 e. The second-order valence-electron chi connectivity index (χ2n) is 13.9. The molecule has 1 aliphatic rings. The number of anilines is 1. The van der Waals surface area contributed by atoms with E-state index in [1.165, 1.54) is 16.7 Å². The lowest BCUT2D eigenvalue weighted by Crippen LogP contribution is -2.33. The van der Waals surface area contributed by atoms with E-state index < -0.39 is 12.1 Å². The number of carboxylic acids is 1. The van der Waals surface area contributed by atoms with Gasteiger partial charge in [-0.1, -0.05) is 66.2 Å². The quantitative estimate of drug-likeness (QED) is 0.0589. The van der Waals surface area contributed by atoms with Crippen molar-refractivity contribution < 1.29 is 29.3 Å². The molecule has 11 heteroatoms. The summed E-state index contributed by atoms with van der Waals surface area (Å²) in [6.07, 6.45) is 5.09. The highest BCUT2D eigenvalue weighted by atomic mass is 35.5. The molecule has 6 rings (SSSR count). The van der Waals surface area contributed by atoms with Crippen LogP contribution in [0.4, 0.5) is 5.69 Å². The summed E-state index contributed by atoms with van der Waals surface area (Å²) in [6, 6.07) is 24.9. The summed E-state index contributed by atoms with van der Waals surface area (Å²) in [4.78, 5) is 26.2. The predicted octanol–water partition coefficient (Wildman–Crippen LogP) is 7.07. The smallest absolute Gasteiger partial charge is 0.317 e. The second kappa shape index (κ2) is 18.4. The van der Waals surface area contributed by atoms with E-state index in [0.29, 0.717) is 29.4 Å². The van der Waals surface area contributed by atoms with Gasteiger partial charge in [0.25, 0.3) is 0 Å². The molecule has 0 saturated carbocycles. The van der Waals surface area contributed by atoms with Crippen LogP contribution in [0.2, 0.25) is 5.02 Å². The van der Waals surface area contributed by atoms with Crippen LogP contribution >= 0.6 is 11.6 Å². The molecule has 0 fully saturated rings. The van der Waals surface area contributed by atoms with Gasteiger partial charge in [-0.2, -0.15) is 0 Å². The first-order chi connectivity index (χ1) is 26.6. The topological polar surface area (TPSA) is 142 Å². The van der Waals surface area contributed by atoms with Crippen molar-refractivity contribution in [1.29, 1.82) is 0 Å². The van der Waals surface area contributed by atoms with Crippen molar-refractivity contribution in [3.8, 4) is 33.8 Å². The fourth-order valence-corrected chi connectivity index (χ4v) is 7.32. The molecule has 4 aromatic carbocycles. The van der Waals surface area contributed by atoms with Crippen LogP contribution in [0, 0.1) is 13.8 Å². The molecule has 0 spiro atoms. The van der Waals surface area contributed by atoms with E-state index >= 15 is 0 Å². The number of pyridine rings is 1. The third kappa shape index (κ3) is 9.89. The monoisotopic (exact) mass is 762 g/mol. The number of carboxylic acid groups (broad SMARTS) is 1. The zero-order valence-corrected chi connectivity index (χ0v) is 32.1. The molecule has 10 nitrogen and oxygen atoms in total. The van der Waals surface area contributed by atoms with Gasteiger partial charge in [-0.3, -0.25) is 9.78 Å². The molecule has 286 valence electrons. The zero-order chi connectivity index (χ0) is 38.9. The predicted molar refractivity (Wildman–Crippen MR) is 216 cm³/mol. The maximum absolute atomic E-state index is 11.1. The molecule has 2 atom stereocenters. The summed E-state index contributed by atoms with van der Waals surface area (Å²) in [7, 11) is 1.83. The Morgan fingerprint density at radius 1 is 0.909 bits per heavy atom. The van der Waals surface area contributed by atoms with Crippen molar-refractivity contribution in [1.82, 2.24) is 15.6 Å². The number of aldehydes is 1. The number of rotatable bonds is 18. The van der Waals surface area contributed by atoms with Gasteiger partial charge in [0.1, 0.15) is 31.0 Å². The van der Waals surface area contributed by atoms with Crippen molar-refractivity contribution in [2.24, 2.45) is 0 Å². The lowest BCUT2D eigenvalue weighted by atomic mass is 9.89. The van der Waals surface area contributed by atoms with Crippen molar-refractivity contribution in [2.45, 2.75) is 65.0 Å². The maximum atomic E-state index is 11.1. The molecule has 1 unspecified atom stereocenters. The third-order valence-corrected chi connectivity index (χ3v) is 10.4. The van der Waals surface area contributed by atoms with E-state index in [-0.39, 0.29) is 38.8 Å². The Morgan fingerprint density at radius 2 is 1.65 bits per heavy atom. The summed E-state index contributed by atoms with van der Waals surface area (Å²) < 4.78 is 12.7. The van der Waals surface area contributed by atoms with E-state index in [1.807, 2.05) is 19.2 Å². The van der Waals surface area contributed by atoms with Crippen LogP contribution in [0.5, 0.6) is 11.5 Å². The fourth-order valence-electron chi connectivity index (χ4n) is 7.08. The highest BCUT2D eigenvalue weighted by Gasteiger charge is 2.23. The number of hydrogen-bond donors (Lipinski definition) is 5. The average molecular weight is 763 g/mol. The van der Waals surface area contributed by atoms with Gasteiger partial charge in [0.2, 0.25) is 0 Å². The Bertz CT molecular complexity index is 2160. The minimum atomic E-state index is -0.844. The van der Waals surface area contributed by atoms with Crippen LogP contribution in [0.1, 0.15) is 45.4 Å². The first-order valence-corrected chi connectivity index (χ1v) is 18.8. The van der Waals surface area contributed by atoms with Crippen LogP contribution < -0.4 is 25.4 Å². The number of fused-ring (bicyclic) bond motifs is 1. The molecule has 1 aromatic heterocycles. The highest BCUT2D eigenvalue weighted by Crippen LogP contribution is 2.38. The van der Waals surface area contributed by atoms with Crippen LogP contribution in [0.15, 0.2) is 85.2 Å². The Labute approximate surface area is 326 Å². The van der Waals surface area contributed by atoms with Crippen LogP contribution in [0.3, 0.4) is 0 Å². The molecule has 0 radical (unpaired) electrons. The molecule has 0 bridgehead atoms. The normalized spacial score (nSPS) is 13.9. The molecule has 0 aliphatic heterocycles. The lowest BCUT2D eigenvalue weighted by molar-refractivity contribution is -0.136. The van der Waals surface area contributed by atoms with Gasteiger partial charge in [0, 0.05) is 62.2 Å². The third-order valence-electron chi connectivity index (χ3n) is 10.1. The maximum Gasteiger partial charge on any atom is 0.317 e. The zero-order valence-electron chi connectivity index (χ0n) is 31.3. The molecule has 5 N–H and O–H groups in total. The number of nitrogens with zero attached hydrogens (tertiary/aromatic N) is 1. The standard InChI is InChI=1S/C44H47ClN4O6/c1-27-32(6-4-8-39(27)40-9-5-7-38(28(40)2)31-11-10-30-16-35(17-33(30)15-31)49-24-44(52)53)26-55-43-19-42(54-25-29-14-36(46-3)22-47-20-29)34(18-41(43)45)21-48-23-37(51)12-13-50/h4-11,13-15,18-20,22,35,37,46,48-49,51H,12,16-17,21,23-26H2,1-3H3,(H,52,53)/t35?,37-/m0/s1. The lowest BCUT2D eigenvalue weighted by Gasteiger charge is -2.19. The summed E-state index contributed by atoms with van der Waals surface area (Å²) >= 11 is 6.80. The van der Waals surface area contributed by atoms with Gasteiger partial charge >= 0.3 is 5.97 Å². The summed E-state index contributed by atoms with van der Waals surface area (Å²) in [6.45, 7) is 5.37. The van der Waals surface area contributed by atoms with E-state index in [0.717, 1.165) is 63.0 Å².